The van der Waals surface area contributed by atoms with E-state index >= 15 is 0 Å². The summed E-state index contributed by atoms with van der Waals surface area (Å²) in [4.78, 5) is 44.0. The molecule has 4 heterocycles. The van der Waals surface area contributed by atoms with Crippen molar-refractivity contribution < 1.29 is 14.4 Å². The van der Waals surface area contributed by atoms with Crippen LogP contribution in [0.15, 0.2) is 24.5 Å². The molecular weight excluding hydrogens is 458 g/mol. The lowest BCUT2D eigenvalue weighted by Gasteiger charge is -2.30. The molecule has 0 bridgehead atoms. The normalized spacial score (nSPS) is 17.9. The monoisotopic (exact) mass is 483 g/mol. The van der Waals surface area contributed by atoms with E-state index in [1.807, 2.05) is 12.1 Å². The fourth-order valence-electron chi connectivity index (χ4n) is 5.34. The zero-order chi connectivity index (χ0) is 25.2. The molecule has 3 aromatic heterocycles. The molecule has 6 rings (SSSR count). The second-order valence-corrected chi connectivity index (χ2v) is 10.5. The second-order valence-electron chi connectivity index (χ2n) is 10.5. The number of hydrogen-bond donors (Lipinski definition) is 1. The molecule has 2 aliphatic carbocycles. The number of hydrogen-bond acceptors (Lipinski definition) is 6. The number of fused-ring (bicyclic) bond motifs is 3. The first kappa shape index (κ1) is 22.2. The Morgan fingerprint density at radius 3 is 2.81 bits per heavy atom. The fraction of sp³-hybridized carbons (Fsp3) is 0.385. The molecular formula is C26H25N7O3. The summed E-state index contributed by atoms with van der Waals surface area (Å²) in [5, 5.41) is 16.6. The third-order valence-corrected chi connectivity index (χ3v) is 7.22. The molecule has 3 aromatic rings. The lowest BCUT2D eigenvalue weighted by Crippen LogP contribution is -2.41. The average Bonchev–Trinajstić information content (AvgIpc) is 3.46. The van der Waals surface area contributed by atoms with Crippen LogP contribution in [0.2, 0.25) is 0 Å². The number of rotatable bonds is 5. The minimum absolute atomic E-state index is 0.0329. The van der Waals surface area contributed by atoms with Gasteiger partial charge in [-0.2, -0.15) is 10.4 Å². The van der Waals surface area contributed by atoms with Crippen LogP contribution in [-0.4, -0.2) is 44.0 Å². The highest BCUT2D eigenvalue weighted by Gasteiger charge is 2.37. The smallest absolute Gasteiger partial charge is 0.276 e. The van der Waals surface area contributed by atoms with Gasteiger partial charge < -0.3 is 9.88 Å². The summed E-state index contributed by atoms with van der Waals surface area (Å²) in [6.07, 6.45) is 7.21. The molecule has 0 radical (unpaired) electrons. The number of carbonyl (C=O) groups is 3. The van der Waals surface area contributed by atoms with Crippen molar-refractivity contribution in [2.75, 3.05) is 16.8 Å². The van der Waals surface area contributed by atoms with Crippen LogP contribution in [0.3, 0.4) is 0 Å². The number of amides is 2. The Kier molecular flexibility index (Phi) is 4.86. The molecule has 1 aliphatic heterocycles. The Balaban J connectivity index is 1.35. The first-order valence-electron chi connectivity index (χ1n) is 12.1. The molecule has 1 N–H and O–H groups in total. The average molecular weight is 484 g/mol. The Hall–Kier alpha value is -4.26. The molecule has 3 aliphatic rings. The predicted octanol–water partition coefficient (Wildman–Crippen LogP) is 2.89. The Labute approximate surface area is 207 Å². The largest absolute Gasteiger partial charge is 0.339 e. The summed E-state index contributed by atoms with van der Waals surface area (Å²) in [6, 6.07) is 5.57. The molecule has 0 aromatic carbocycles. The van der Waals surface area contributed by atoms with E-state index in [1.165, 1.54) is 33.2 Å². The molecule has 182 valence electrons. The first-order valence-corrected chi connectivity index (χ1v) is 12.1. The summed E-state index contributed by atoms with van der Waals surface area (Å²) in [6.45, 7) is 5.47. The van der Waals surface area contributed by atoms with E-state index in [0.29, 0.717) is 30.8 Å². The van der Waals surface area contributed by atoms with Gasteiger partial charge in [-0.15, -0.1) is 0 Å². The highest BCUT2D eigenvalue weighted by Crippen LogP contribution is 2.39. The summed E-state index contributed by atoms with van der Waals surface area (Å²) in [7, 11) is 0. The topological polar surface area (TPSA) is 126 Å². The van der Waals surface area contributed by atoms with Crippen molar-refractivity contribution in [1.29, 1.82) is 5.26 Å². The van der Waals surface area contributed by atoms with Crippen LogP contribution in [0.1, 0.15) is 64.5 Å². The van der Waals surface area contributed by atoms with Crippen LogP contribution in [0.5, 0.6) is 0 Å². The molecule has 10 nitrogen and oxygen atoms in total. The van der Waals surface area contributed by atoms with Gasteiger partial charge in [0.1, 0.15) is 17.6 Å². The van der Waals surface area contributed by atoms with Crippen molar-refractivity contribution in [2.24, 2.45) is 11.3 Å². The molecule has 1 fully saturated rings. The Bertz CT molecular complexity index is 1490. The number of nitrogens with one attached hydrogen (secondary N) is 1. The van der Waals surface area contributed by atoms with E-state index in [2.05, 4.69) is 33.8 Å². The standard InChI is InChI=1S/C26H25N7O3/c1-26(2)10-16-9-21-25(36)32(8-7-31(21)22(16)11-26)23-17(14-34)20(5-6-28-23)33-13-19(18(12-27)30-33)29-24(35)15-3-4-15/h5-6,9,13-15H,3-4,7-8,10-11H2,1-2H3,(H,29,35). The number of nitriles is 1. The highest BCUT2D eigenvalue weighted by atomic mass is 16.2. The van der Waals surface area contributed by atoms with Crippen molar-refractivity contribution in [1.82, 2.24) is 19.3 Å². The van der Waals surface area contributed by atoms with Gasteiger partial charge in [-0.25, -0.2) is 9.67 Å². The molecule has 36 heavy (non-hydrogen) atoms. The van der Waals surface area contributed by atoms with Gasteiger partial charge in [-0.05, 0) is 48.8 Å². The van der Waals surface area contributed by atoms with Gasteiger partial charge in [-0.3, -0.25) is 19.3 Å². The molecule has 0 atom stereocenters. The predicted molar refractivity (Wildman–Crippen MR) is 130 cm³/mol. The molecule has 10 heteroatoms. The summed E-state index contributed by atoms with van der Waals surface area (Å²) >= 11 is 0. The quantitative estimate of drug-likeness (QED) is 0.556. The van der Waals surface area contributed by atoms with Crippen molar-refractivity contribution in [3.63, 3.8) is 0 Å². The van der Waals surface area contributed by atoms with Gasteiger partial charge >= 0.3 is 0 Å². The van der Waals surface area contributed by atoms with E-state index in [9.17, 15) is 19.6 Å². The molecule has 0 unspecified atom stereocenters. The number of aldehydes is 1. The maximum Gasteiger partial charge on any atom is 0.276 e. The van der Waals surface area contributed by atoms with Crippen LogP contribution < -0.4 is 10.2 Å². The summed E-state index contributed by atoms with van der Waals surface area (Å²) in [5.74, 6) is -0.126. The minimum atomic E-state index is -0.197. The number of carbonyl (C=O) groups excluding carboxylic acids is 3. The summed E-state index contributed by atoms with van der Waals surface area (Å²) in [5.41, 5.74) is 4.13. The lowest BCUT2D eigenvalue weighted by atomic mass is 9.90. The first-order chi connectivity index (χ1) is 17.3. The molecule has 1 saturated carbocycles. The van der Waals surface area contributed by atoms with E-state index in [0.717, 1.165) is 25.7 Å². The van der Waals surface area contributed by atoms with Gasteiger partial charge in [0.15, 0.2) is 12.0 Å². The minimum Gasteiger partial charge on any atom is -0.339 e. The van der Waals surface area contributed by atoms with Crippen LogP contribution in [-0.2, 0) is 24.2 Å². The number of pyridine rings is 1. The number of aromatic nitrogens is 4. The maximum absolute atomic E-state index is 13.5. The van der Waals surface area contributed by atoms with Crippen LogP contribution in [0.25, 0.3) is 5.69 Å². The highest BCUT2D eigenvalue weighted by molar-refractivity contribution is 6.08. The Morgan fingerprint density at radius 2 is 2.08 bits per heavy atom. The summed E-state index contributed by atoms with van der Waals surface area (Å²) < 4.78 is 3.48. The van der Waals surface area contributed by atoms with Gasteiger partial charge in [0.25, 0.3) is 5.91 Å². The molecule has 2 amide bonds. The van der Waals surface area contributed by atoms with Gasteiger partial charge in [-0.1, -0.05) is 13.8 Å². The Morgan fingerprint density at radius 1 is 1.28 bits per heavy atom. The van der Waals surface area contributed by atoms with Crippen LogP contribution >= 0.6 is 0 Å². The number of anilines is 2. The van der Waals surface area contributed by atoms with Crippen molar-refractivity contribution in [3.05, 3.63) is 52.7 Å². The molecule has 0 saturated heterocycles. The maximum atomic E-state index is 13.5. The SMILES string of the molecule is CC1(C)Cc2cc3n(c2C1)CCN(c1nccc(-n2cc(NC(=O)C4CC4)c(C#N)n2)c1C=O)C3=O. The van der Waals surface area contributed by atoms with E-state index in [-0.39, 0.29) is 45.9 Å². The third kappa shape index (κ3) is 3.50. The van der Waals surface area contributed by atoms with Gasteiger partial charge in [0.05, 0.1) is 23.1 Å². The third-order valence-electron chi connectivity index (χ3n) is 7.22. The number of nitrogens with zero attached hydrogens (tertiary/aromatic N) is 6. The van der Waals surface area contributed by atoms with Crippen LogP contribution in [0.4, 0.5) is 11.5 Å². The molecule has 0 spiro atoms. The van der Waals surface area contributed by atoms with E-state index in [4.69, 9.17) is 0 Å². The fourth-order valence-corrected chi connectivity index (χ4v) is 5.34. The zero-order valence-electron chi connectivity index (χ0n) is 20.1. The zero-order valence-corrected chi connectivity index (χ0v) is 20.1. The van der Waals surface area contributed by atoms with Crippen molar-refractivity contribution in [3.8, 4) is 11.8 Å². The van der Waals surface area contributed by atoms with Gasteiger partial charge in [0.2, 0.25) is 5.91 Å². The van der Waals surface area contributed by atoms with Crippen molar-refractivity contribution >= 4 is 29.6 Å². The van der Waals surface area contributed by atoms with Crippen LogP contribution in [0, 0.1) is 22.7 Å². The van der Waals surface area contributed by atoms with E-state index in [1.54, 1.807) is 6.07 Å². The van der Waals surface area contributed by atoms with Crippen molar-refractivity contribution in [2.45, 2.75) is 46.1 Å². The van der Waals surface area contributed by atoms with E-state index < -0.39 is 0 Å². The second kappa shape index (κ2) is 7.88. The lowest BCUT2D eigenvalue weighted by molar-refractivity contribution is -0.117. The van der Waals surface area contributed by atoms with Gasteiger partial charge in [0, 0.05) is 30.9 Å².